The molecule has 0 aromatic carbocycles. The molecule has 1 aliphatic heterocycles. The van der Waals surface area contributed by atoms with E-state index in [1.165, 1.54) is 0 Å². The molecule has 0 radical (unpaired) electrons. The van der Waals surface area contributed by atoms with Gasteiger partial charge in [0.2, 0.25) is 0 Å². The SMILES string of the molecule is OCC1COC2=CC=CCC2O1. The third-order valence-electron chi connectivity index (χ3n) is 2.06. The topological polar surface area (TPSA) is 38.7 Å². The first kappa shape index (κ1) is 7.83. The smallest absolute Gasteiger partial charge is 0.125 e. The summed E-state index contributed by atoms with van der Waals surface area (Å²) in [5, 5.41) is 8.84. The number of hydrogen-bond acceptors (Lipinski definition) is 3. The molecule has 1 saturated heterocycles. The maximum absolute atomic E-state index is 8.84. The predicted octanol–water partition coefficient (Wildman–Crippen LogP) is 0.607. The molecular weight excluding hydrogens is 156 g/mol. The Bertz CT molecular complexity index is 220. The summed E-state index contributed by atoms with van der Waals surface area (Å²) < 4.78 is 11.0. The molecule has 12 heavy (non-hydrogen) atoms. The second-order valence-electron chi connectivity index (χ2n) is 2.97. The Balaban J connectivity index is 2.03. The van der Waals surface area contributed by atoms with Gasteiger partial charge in [0.05, 0.1) is 6.61 Å². The third kappa shape index (κ3) is 1.38. The molecule has 2 unspecified atom stereocenters. The highest BCUT2D eigenvalue weighted by atomic mass is 16.6. The van der Waals surface area contributed by atoms with Crippen molar-refractivity contribution in [1.82, 2.24) is 0 Å². The van der Waals surface area contributed by atoms with Crippen molar-refractivity contribution in [1.29, 1.82) is 0 Å². The zero-order chi connectivity index (χ0) is 8.39. The minimum Gasteiger partial charge on any atom is -0.492 e. The van der Waals surface area contributed by atoms with Crippen LogP contribution in [0, 0.1) is 0 Å². The van der Waals surface area contributed by atoms with E-state index in [9.17, 15) is 0 Å². The Morgan fingerprint density at radius 3 is 3.33 bits per heavy atom. The van der Waals surface area contributed by atoms with Crippen molar-refractivity contribution < 1.29 is 14.6 Å². The number of ether oxygens (including phenoxy) is 2. The lowest BCUT2D eigenvalue weighted by molar-refractivity contribution is -0.114. The first-order chi connectivity index (χ1) is 5.90. The lowest BCUT2D eigenvalue weighted by Crippen LogP contribution is -2.37. The number of fused-ring (bicyclic) bond motifs is 1. The molecule has 2 aliphatic rings. The van der Waals surface area contributed by atoms with Crippen molar-refractivity contribution in [2.24, 2.45) is 0 Å². The molecule has 0 aromatic rings. The molecule has 3 nitrogen and oxygen atoms in total. The highest BCUT2D eigenvalue weighted by Gasteiger charge is 2.27. The van der Waals surface area contributed by atoms with Crippen LogP contribution in [0.25, 0.3) is 0 Å². The maximum Gasteiger partial charge on any atom is 0.125 e. The van der Waals surface area contributed by atoms with Crippen LogP contribution in [0.3, 0.4) is 0 Å². The van der Waals surface area contributed by atoms with Crippen LogP contribution in [0.4, 0.5) is 0 Å². The van der Waals surface area contributed by atoms with Crippen molar-refractivity contribution in [2.75, 3.05) is 13.2 Å². The molecular formula is C9H12O3. The van der Waals surface area contributed by atoms with E-state index in [1.54, 1.807) is 0 Å². The Hall–Kier alpha value is -0.800. The first-order valence-corrected chi connectivity index (χ1v) is 4.16. The first-order valence-electron chi connectivity index (χ1n) is 4.16. The zero-order valence-electron chi connectivity index (χ0n) is 6.77. The van der Waals surface area contributed by atoms with Gasteiger partial charge in [0.1, 0.15) is 24.6 Å². The van der Waals surface area contributed by atoms with E-state index in [2.05, 4.69) is 0 Å². The van der Waals surface area contributed by atoms with Gasteiger partial charge >= 0.3 is 0 Å². The Morgan fingerprint density at radius 2 is 2.50 bits per heavy atom. The van der Waals surface area contributed by atoms with Gasteiger partial charge in [0, 0.05) is 0 Å². The van der Waals surface area contributed by atoms with Crippen LogP contribution in [0.5, 0.6) is 0 Å². The largest absolute Gasteiger partial charge is 0.492 e. The van der Waals surface area contributed by atoms with Gasteiger partial charge in [-0.25, -0.2) is 0 Å². The van der Waals surface area contributed by atoms with Crippen LogP contribution < -0.4 is 0 Å². The van der Waals surface area contributed by atoms with Gasteiger partial charge in [-0.05, 0) is 12.5 Å². The third-order valence-corrected chi connectivity index (χ3v) is 2.06. The van der Waals surface area contributed by atoms with Crippen molar-refractivity contribution in [3.63, 3.8) is 0 Å². The van der Waals surface area contributed by atoms with Crippen LogP contribution in [0.15, 0.2) is 24.0 Å². The van der Waals surface area contributed by atoms with Crippen LogP contribution in [0.2, 0.25) is 0 Å². The van der Waals surface area contributed by atoms with E-state index in [0.717, 1.165) is 12.2 Å². The normalized spacial score (nSPS) is 33.6. The predicted molar refractivity (Wildman–Crippen MR) is 43.5 cm³/mol. The molecule has 0 aromatic heterocycles. The minimum atomic E-state index is -0.154. The molecule has 2 atom stereocenters. The van der Waals surface area contributed by atoms with Gasteiger partial charge < -0.3 is 14.6 Å². The minimum absolute atomic E-state index is 0.0286. The summed E-state index contributed by atoms with van der Waals surface area (Å²) in [6.45, 7) is 0.500. The average molecular weight is 168 g/mol. The summed E-state index contributed by atoms with van der Waals surface area (Å²) in [6, 6.07) is 0. The van der Waals surface area contributed by atoms with Gasteiger partial charge in [-0.3, -0.25) is 0 Å². The van der Waals surface area contributed by atoms with E-state index < -0.39 is 0 Å². The quantitative estimate of drug-likeness (QED) is 0.623. The molecule has 0 spiro atoms. The van der Waals surface area contributed by atoms with Gasteiger partial charge in [0.25, 0.3) is 0 Å². The molecule has 1 fully saturated rings. The molecule has 3 heteroatoms. The zero-order valence-corrected chi connectivity index (χ0v) is 6.77. The van der Waals surface area contributed by atoms with Crippen molar-refractivity contribution in [2.45, 2.75) is 18.6 Å². The summed E-state index contributed by atoms with van der Waals surface area (Å²) in [5.74, 6) is 0.891. The monoisotopic (exact) mass is 168 g/mol. The van der Waals surface area contributed by atoms with E-state index in [4.69, 9.17) is 14.6 Å². The van der Waals surface area contributed by atoms with Crippen LogP contribution in [-0.4, -0.2) is 30.5 Å². The summed E-state index contributed by atoms with van der Waals surface area (Å²) in [4.78, 5) is 0. The number of aliphatic hydroxyl groups excluding tert-OH is 1. The highest BCUT2D eigenvalue weighted by molar-refractivity contribution is 5.18. The number of allylic oxidation sites excluding steroid dienone is 2. The van der Waals surface area contributed by atoms with E-state index in [1.807, 2.05) is 18.2 Å². The lowest BCUT2D eigenvalue weighted by Gasteiger charge is -2.32. The summed E-state index contributed by atoms with van der Waals surface area (Å²) in [5.41, 5.74) is 0. The van der Waals surface area contributed by atoms with Gasteiger partial charge in [-0.15, -0.1) is 0 Å². The number of hydrogen-bond donors (Lipinski definition) is 1. The Labute approximate surface area is 71.3 Å². The van der Waals surface area contributed by atoms with Crippen LogP contribution in [-0.2, 0) is 9.47 Å². The summed E-state index contributed by atoms with van der Waals surface area (Å²) in [6.07, 6.45) is 6.65. The molecule has 0 saturated carbocycles. The average Bonchev–Trinajstić information content (AvgIpc) is 2.17. The van der Waals surface area contributed by atoms with Gasteiger partial charge in [-0.1, -0.05) is 12.2 Å². The molecule has 1 N–H and O–H groups in total. The fraction of sp³-hybridized carbons (Fsp3) is 0.556. The lowest BCUT2D eigenvalue weighted by atomic mass is 10.1. The molecule has 1 heterocycles. The van der Waals surface area contributed by atoms with Crippen LogP contribution in [0.1, 0.15) is 6.42 Å². The fourth-order valence-corrected chi connectivity index (χ4v) is 1.41. The van der Waals surface area contributed by atoms with Crippen molar-refractivity contribution in [3.05, 3.63) is 24.0 Å². The Kier molecular flexibility index (Phi) is 2.15. The Morgan fingerprint density at radius 1 is 1.58 bits per heavy atom. The molecule has 2 rings (SSSR count). The maximum atomic E-state index is 8.84. The molecule has 0 amide bonds. The standard InChI is InChI=1S/C9H12O3/c10-5-7-6-11-8-3-1-2-4-9(8)12-7/h1-3,7,9-10H,4-6H2. The molecule has 0 bridgehead atoms. The summed E-state index contributed by atoms with van der Waals surface area (Å²) in [7, 11) is 0. The van der Waals surface area contributed by atoms with E-state index in [0.29, 0.717) is 6.61 Å². The number of aliphatic hydroxyl groups is 1. The second-order valence-corrected chi connectivity index (χ2v) is 2.97. The van der Waals surface area contributed by atoms with E-state index >= 15 is 0 Å². The number of rotatable bonds is 1. The van der Waals surface area contributed by atoms with Gasteiger partial charge in [0.15, 0.2) is 0 Å². The van der Waals surface area contributed by atoms with Gasteiger partial charge in [-0.2, -0.15) is 0 Å². The fourth-order valence-electron chi connectivity index (χ4n) is 1.41. The molecule has 66 valence electrons. The van der Waals surface area contributed by atoms with E-state index in [-0.39, 0.29) is 18.8 Å². The molecule has 1 aliphatic carbocycles. The van der Waals surface area contributed by atoms with Crippen LogP contribution >= 0.6 is 0 Å². The van der Waals surface area contributed by atoms with Crippen molar-refractivity contribution in [3.8, 4) is 0 Å². The summed E-state index contributed by atoms with van der Waals surface area (Å²) >= 11 is 0. The highest BCUT2D eigenvalue weighted by Crippen LogP contribution is 2.23. The second kappa shape index (κ2) is 3.29. The van der Waals surface area contributed by atoms with Crippen molar-refractivity contribution >= 4 is 0 Å².